The second-order valence-corrected chi connectivity index (χ2v) is 6.73. The van der Waals surface area contributed by atoms with Gasteiger partial charge in [0.2, 0.25) is 0 Å². The molecule has 132 valence electrons. The molecule has 0 spiro atoms. The number of aryl methyl sites for hydroxylation is 1. The van der Waals surface area contributed by atoms with E-state index < -0.39 is 0 Å². The van der Waals surface area contributed by atoms with Crippen LogP contribution in [0.3, 0.4) is 0 Å². The Labute approximate surface area is 146 Å². The van der Waals surface area contributed by atoms with Crippen molar-refractivity contribution < 1.29 is 9.53 Å². The molecule has 4 rings (SSSR count). The fourth-order valence-electron chi connectivity index (χ4n) is 3.77. The molecule has 0 bridgehead atoms. The third-order valence-corrected chi connectivity index (χ3v) is 4.88. The molecule has 1 aromatic heterocycles. The summed E-state index contributed by atoms with van der Waals surface area (Å²) in [6.07, 6.45) is 3.64. The van der Waals surface area contributed by atoms with Crippen LogP contribution in [0.4, 0.5) is 4.79 Å². The van der Waals surface area contributed by atoms with Crippen molar-refractivity contribution in [3.63, 3.8) is 0 Å². The number of benzene rings is 1. The Morgan fingerprint density at radius 3 is 2.76 bits per heavy atom. The highest BCUT2D eigenvalue weighted by Crippen LogP contribution is 2.24. The van der Waals surface area contributed by atoms with E-state index in [0.29, 0.717) is 12.4 Å². The molecule has 0 fully saturated rings. The number of nitrogens with one attached hydrogen (secondary N) is 2. The Morgan fingerprint density at radius 1 is 1.28 bits per heavy atom. The molecule has 0 saturated heterocycles. The Bertz CT molecular complexity index is 748. The zero-order chi connectivity index (χ0) is 17.2. The first-order valence-corrected chi connectivity index (χ1v) is 8.79. The first-order chi connectivity index (χ1) is 12.2. The molecule has 2 aromatic rings. The van der Waals surface area contributed by atoms with Crippen molar-refractivity contribution in [3.05, 3.63) is 47.0 Å². The van der Waals surface area contributed by atoms with Gasteiger partial charge in [0, 0.05) is 19.7 Å². The first-order valence-electron chi connectivity index (χ1n) is 8.79. The van der Waals surface area contributed by atoms with Crippen LogP contribution in [0, 0.1) is 0 Å². The smallest absolute Gasteiger partial charge is 0.315 e. The second kappa shape index (κ2) is 6.84. The maximum absolute atomic E-state index is 12.5. The number of urea groups is 1. The molecule has 25 heavy (non-hydrogen) atoms. The average Bonchev–Trinajstić information content (AvgIpc) is 3.18. The summed E-state index contributed by atoms with van der Waals surface area (Å²) < 4.78 is 6.99. The van der Waals surface area contributed by atoms with Gasteiger partial charge in [-0.3, -0.25) is 0 Å². The third kappa shape index (κ3) is 3.37. The fourth-order valence-corrected chi connectivity index (χ4v) is 3.77. The van der Waals surface area contributed by atoms with Gasteiger partial charge in [-0.15, -0.1) is 0 Å². The first kappa shape index (κ1) is 16.1. The monoisotopic (exact) mass is 341 g/mol. The topological polar surface area (TPSA) is 81.1 Å². The molecule has 2 N–H and O–H groups in total. The minimum absolute atomic E-state index is 0.101. The number of nitrogens with zero attached hydrogens (tertiary/aromatic N) is 3. The van der Waals surface area contributed by atoms with E-state index in [0.717, 1.165) is 38.1 Å². The van der Waals surface area contributed by atoms with Gasteiger partial charge in [0.25, 0.3) is 0 Å². The summed E-state index contributed by atoms with van der Waals surface area (Å²) >= 11 is 0. The maximum atomic E-state index is 12.5. The second-order valence-electron chi connectivity index (χ2n) is 6.73. The van der Waals surface area contributed by atoms with Crippen molar-refractivity contribution in [1.82, 2.24) is 25.4 Å². The number of rotatable bonds is 4. The Hall–Kier alpha value is -2.41. The average molecular weight is 341 g/mol. The maximum Gasteiger partial charge on any atom is 0.315 e. The quantitative estimate of drug-likeness (QED) is 0.887. The van der Waals surface area contributed by atoms with E-state index in [4.69, 9.17) is 4.74 Å². The summed E-state index contributed by atoms with van der Waals surface area (Å²) in [7, 11) is 1.63. The molecular formula is C18H23N5O2. The van der Waals surface area contributed by atoms with Gasteiger partial charge in [0.15, 0.2) is 5.82 Å². The number of hydrogen-bond acceptors (Lipinski definition) is 4. The van der Waals surface area contributed by atoms with Crippen LogP contribution in [0.5, 0.6) is 0 Å². The number of ether oxygens (including phenoxy) is 1. The highest BCUT2D eigenvalue weighted by Gasteiger charge is 2.27. The number of amides is 2. The summed E-state index contributed by atoms with van der Waals surface area (Å²) in [4.78, 5) is 17.0. The van der Waals surface area contributed by atoms with E-state index in [1.807, 2.05) is 16.8 Å². The number of fused-ring (bicyclic) bond motifs is 2. The molecule has 2 amide bonds. The molecule has 1 atom stereocenters. The van der Waals surface area contributed by atoms with Crippen LogP contribution < -0.4 is 10.6 Å². The van der Waals surface area contributed by atoms with E-state index in [2.05, 4.69) is 32.8 Å². The lowest BCUT2D eigenvalue weighted by Crippen LogP contribution is -2.45. The summed E-state index contributed by atoms with van der Waals surface area (Å²) in [5.74, 6) is 1.49. The van der Waals surface area contributed by atoms with Gasteiger partial charge in [-0.05, 0) is 36.8 Å². The fraction of sp³-hybridized carbons (Fsp3) is 0.500. The van der Waals surface area contributed by atoms with Gasteiger partial charge < -0.3 is 15.4 Å². The van der Waals surface area contributed by atoms with Crippen molar-refractivity contribution >= 4 is 6.03 Å². The normalized spacial score (nSPS) is 19.3. The minimum atomic E-state index is -0.132. The van der Waals surface area contributed by atoms with Crippen LogP contribution in [0.2, 0.25) is 0 Å². The Kier molecular flexibility index (Phi) is 4.40. The van der Waals surface area contributed by atoms with Crippen LogP contribution in [-0.4, -0.2) is 33.9 Å². The van der Waals surface area contributed by atoms with Gasteiger partial charge in [0.1, 0.15) is 12.4 Å². The highest BCUT2D eigenvalue weighted by molar-refractivity contribution is 5.75. The predicted molar refractivity (Wildman–Crippen MR) is 92.0 cm³/mol. The van der Waals surface area contributed by atoms with Crippen molar-refractivity contribution in [2.75, 3.05) is 7.11 Å². The lowest BCUT2D eigenvalue weighted by atomic mass is 10.1. The largest absolute Gasteiger partial charge is 0.377 e. The summed E-state index contributed by atoms with van der Waals surface area (Å²) in [6, 6.07) is 8.29. The molecule has 2 aliphatic rings. The molecule has 2 heterocycles. The van der Waals surface area contributed by atoms with Crippen LogP contribution in [0.25, 0.3) is 0 Å². The predicted octanol–water partition coefficient (Wildman–Crippen LogP) is 1.73. The Balaban J connectivity index is 1.38. The van der Waals surface area contributed by atoms with Crippen molar-refractivity contribution in [1.29, 1.82) is 0 Å². The van der Waals surface area contributed by atoms with E-state index in [1.54, 1.807) is 7.11 Å². The molecule has 7 heteroatoms. The number of aromatic nitrogens is 3. The SMILES string of the molecule is COCc1nc2n(n1)CCC[C@@H]2NC(=O)NC1Cc2ccccc2C1. The lowest BCUT2D eigenvalue weighted by molar-refractivity contribution is 0.177. The zero-order valence-corrected chi connectivity index (χ0v) is 14.4. The van der Waals surface area contributed by atoms with Gasteiger partial charge in [-0.2, -0.15) is 5.10 Å². The van der Waals surface area contributed by atoms with Crippen molar-refractivity contribution in [3.8, 4) is 0 Å². The van der Waals surface area contributed by atoms with Crippen LogP contribution in [0.15, 0.2) is 24.3 Å². The molecule has 0 saturated carbocycles. The van der Waals surface area contributed by atoms with E-state index in [-0.39, 0.29) is 18.1 Å². The van der Waals surface area contributed by atoms with Crippen LogP contribution >= 0.6 is 0 Å². The number of carbonyl (C=O) groups is 1. The molecule has 7 nitrogen and oxygen atoms in total. The van der Waals surface area contributed by atoms with E-state index in [9.17, 15) is 4.79 Å². The van der Waals surface area contributed by atoms with Gasteiger partial charge >= 0.3 is 6.03 Å². The molecular weight excluding hydrogens is 318 g/mol. The zero-order valence-electron chi connectivity index (χ0n) is 14.4. The molecule has 1 aromatic carbocycles. The summed E-state index contributed by atoms with van der Waals surface area (Å²) in [5.41, 5.74) is 2.66. The number of carbonyl (C=O) groups excluding carboxylic acids is 1. The standard InChI is InChI=1S/C18H23N5O2/c1-25-11-16-21-17-15(7-4-8-23(17)22-16)20-18(24)19-14-9-12-5-2-3-6-13(12)10-14/h2-3,5-6,14-15H,4,7-11H2,1H3,(H2,19,20,24)/t15-/m0/s1. The number of hydrogen-bond donors (Lipinski definition) is 2. The summed E-state index contributed by atoms with van der Waals surface area (Å²) in [6.45, 7) is 1.23. The molecule has 1 aliphatic carbocycles. The van der Waals surface area contributed by atoms with E-state index in [1.165, 1.54) is 11.1 Å². The third-order valence-electron chi connectivity index (χ3n) is 4.88. The van der Waals surface area contributed by atoms with Gasteiger partial charge in [-0.1, -0.05) is 24.3 Å². The molecule has 0 unspecified atom stereocenters. The van der Waals surface area contributed by atoms with Crippen LogP contribution in [-0.2, 0) is 30.7 Å². The molecule has 1 aliphatic heterocycles. The minimum Gasteiger partial charge on any atom is -0.377 e. The van der Waals surface area contributed by atoms with E-state index >= 15 is 0 Å². The van der Waals surface area contributed by atoms with Gasteiger partial charge in [-0.25, -0.2) is 14.5 Å². The Morgan fingerprint density at radius 2 is 2.04 bits per heavy atom. The van der Waals surface area contributed by atoms with Crippen molar-refractivity contribution in [2.45, 2.75) is 50.9 Å². The lowest BCUT2D eigenvalue weighted by Gasteiger charge is -2.24. The highest BCUT2D eigenvalue weighted by atomic mass is 16.5. The van der Waals surface area contributed by atoms with Crippen LogP contribution in [0.1, 0.15) is 41.7 Å². The summed E-state index contributed by atoms with van der Waals surface area (Å²) in [5, 5.41) is 10.6. The molecule has 0 radical (unpaired) electrons. The number of methoxy groups -OCH3 is 1. The van der Waals surface area contributed by atoms with Gasteiger partial charge in [0.05, 0.1) is 6.04 Å². The van der Waals surface area contributed by atoms with Crippen molar-refractivity contribution in [2.24, 2.45) is 0 Å².